The van der Waals surface area contributed by atoms with E-state index in [2.05, 4.69) is 20.6 Å². The summed E-state index contributed by atoms with van der Waals surface area (Å²) in [5.74, 6) is -1.47. The van der Waals surface area contributed by atoms with Gasteiger partial charge >= 0.3 is 0 Å². The summed E-state index contributed by atoms with van der Waals surface area (Å²) in [4.78, 5) is 20.9. The zero-order valence-corrected chi connectivity index (χ0v) is 19.8. The van der Waals surface area contributed by atoms with Gasteiger partial charge in [0.15, 0.2) is 11.6 Å². The molecule has 6 N–H and O–H groups in total. The van der Waals surface area contributed by atoms with E-state index in [9.17, 15) is 4.79 Å². The fourth-order valence-corrected chi connectivity index (χ4v) is 4.21. The van der Waals surface area contributed by atoms with Crippen molar-refractivity contribution in [3.63, 3.8) is 0 Å². The van der Waals surface area contributed by atoms with E-state index in [0.29, 0.717) is 5.69 Å². The van der Waals surface area contributed by atoms with Crippen molar-refractivity contribution >= 4 is 34.1 Å². The number of nitrogens with one attached hydrogen (secondary N) is 2. The molecule has 8 heteroatoms. The van der Waals surface area contributed by atoms with Gasteiger partial charge in [-0.25, -0.2) is 9.37 Å². The van der Waals surface area contributed by atoms with Crippen molar-refractivity contribution in [3.05, 3.63) is 126 Å². The summed E-state index contributed by atoms with van der Waals surface area (Å²) in [6.45, 7) is 0. The van der Waals surface area contributed by atoms with Crippen molar-refractivity contribution in [3.8, 4) is 0 Å². The van der Waals surface area contributed by atoms with Gasteiger partial charge in [-0.1, -0.05) is 72.8 Å². The minimum absolute atomic E-state index is 0.0633. The number of nitrogens with two attached hydrogens (primary N) is 2. The van der Waals surface area contributed by atoms with Crippen LogP contribution in [0.25, 0.3) is 10.9 Å². The number of pyridine rings is 2. The lowest BCUT2D eigenvalue weighted by atomic mass is 9.94. The highest BCUT2D eigenvalue weighted by Gasteiger charge is 2.25. The lowest BCUT2D eigenvalue weighted by Gasteiger charge is -2.27. The molecule has 2 aromatic heterocycles. The van der Waals surface area contributed by atoms with Gasteiger partial charge in [0.1, 0.15) is 5.82 Å². The molecule has 7 nitrogen and oxygen atoms in total. The number of carbonyl (C=O) groups is 1. The third kappa shape index (κ3) is 5.24. The van der Waals surface area contributed by atoms with Crippen LogP contribution in [0.15, 0.2) is 103 Å². The van der Waals surface area contributed by atoms with Crippen LogP contribution < -0.4 is 22.1 Å². The van der Waals surface area contributed by atoms with E-state index < -0.39 is 23.8 Å². The molecule has 5 rings (SSSR count). The van der Waals surface area contributed by atoms with Gasteiger partial charge in [0, 0.05) is 17.3 Å². The zero-order chi connectivity index (χ0) is 25.8. The standard InChI is InChI=1S/C29H25FN6O/c30-23-17-22(27(32)37)28(34-21-14-13-18-12-7-15-33-24(18)16-21)36-29(23)35-26(20-10-5-2-6-11-20)25(31)19-8-3-1-4-9-19/h1-17,25-26H,31H2,(H2,32,37)(H2,34,35,36)/t25-,26-/m1/s1. The monoisotopic (exact) mass is 492 g/mol. The Bertz CT molecular complexity index is 1540. The molecule has 1 amide bonds. The molecule has 0 aliphatic rings. The summed E-state index contributed by atoms with van der Waals surface area (Å²) in [5, 5.41) is 7.22. The van der Waals surface area contributed by atoms with Crippen molar-refractivity contribution in [1.29, 1.82) is 0 Å². The van der Waals surface area contributed by atoms with Crippen molar-refractivity contribution in [1.82, 2.24) is 9.97 Å². The highest BCUT2D eigenvalue weighted by molar-refractivity contribution is 5.99. The first-order valence-electron chi connectivity index (χ1n) is 11.7. The van der Waals surface area contributed by atoms with Gasteiger partial charge < -0.3 is 22.1 Å². The summed E-state index contributed by atoms with van der Waals surface area (Å²) >= 11 is 0. The second-order valence-electron chi connectivity index (χ2n) is 8.58. The van der Waals surface area contributed by atoms with Gasteiger partial charge in [0.25, 0.3) is 5.91 Å². The number of anilines is 3. The number of primary amides is 1. The number of carbonyl (C=O) groups excluding carboxylic acids is 1. The largest absolute Gasteiger partial charge is 0.365 e. The van der Waals surface area contributed by atoms with E-state index in [0.717, 1.165) is 28.1 Å². The topological polar surface area (TPSA) is 119 Å². The van der Waals surface area contributed by atoms with Crippen molar-refractivity contribution < 1.29 is 9.18 Å². The fourth-order valence-electron chi connectivity index (χ4n) is 4.21. The number of aromatic nitrogens is 2. The number of hydrogen-bond donors (Lipinski definition) is 4. The number of amides is 1. The molecule has 0 bridgehead atoms. The summed E-state index contributed by atoms with van der Waals surface area (Å²) < 4.78 is 15.3. The van der Waals surface area contributed by atoms with Crippen molar-refractivity contribution in [2.75, 3.05) is 10.6 Å². The first-order valence-corrected chi connectivity index (χ1v) is 11.7. The average Bonchev–Trinajstić information content (AvgIpc) is 2.93. The molecule has 0 unspecified atom stereocenters. The van der Waals surface area contributed by atoms with Gasteiger partial charge in [-0.2, -0.15) is 0 Å². The van der Waals surface area contributed by atoms with Crippen LogP contribution in [0, 0.1) is 5.82 Å². The molecule has 3 aromatic carbocycles. The Labute approximate surface area is 213 Å². The van der Waals surface area contributed by atoms with Crippen LogP contribution in [0.5, 0.6) is 0 Å². The number of benzene rings is 3. The number of halogens is 1. The molecular formula is C29H25FN6O. The molecule has 0 aliphatic heterocycles. The second-order valence-corrected chi connectivity index (χ2v) is 8.58. The quantitative estimate of drug-likeness (QED) is 0.228. The Kier molecular flexibility index (Phi) is 6.74. The van der Waals surface area contributed by atoms with E-state index in [1.165, 1.54) is 0 Å². The van der Waals surface area contributed by atoms with Crippen LogP contribution in [0.2, 0.25) is 0 Å². The SMILES string of the molecule is NC(=O)c1cc(F)c(N[C@H](c2ccccc2)[C@H](N)c2ccccc2)nc1Nc1ccc2cccnc2c1. The third-order valence-corrected chi connectivity index (χ3v) is 6.10. The first-order chi connectivity index (χ1) is 18.0. The van der Waals surface area contributed by atoms with Crippen molar-refractivity contribution in [2.24, 2.45) is 11.5 Å². The Balaban J connectivity index is 1.53. The van der Waals surface area contributed by atoms with E-state index in [4.69, 9.17) is 11.5 Å². The first kappa shape index (κ1) is 23.9. The Morgan fingerprint density at radius 1 is 0.838 bits per heavy atom. The minimum Gasteiger partial charge on any atom is -0.365 e. The van der Waals surface area contributed by atoms with Crippen LogP contribution in [0.1, 0.15) is 33.6 Å². The molecule has 0 fully saturated rings. The minimum atomic E-state index is -0.806. The molecule has 5 aromatic rings. The van der Waals surface area contributed by atoms with E-state index >= 15 is 4.39 Å². The molecule has 0 saturated carbocycles. The van der Waals surface area contributed by atoms with Gasteiger partial charge in [-0.05, 0) is 35.4 Å². The number of fused-ring (bicyclic) bond motifs is 1. The van der Waals surface area contributed by atoms with Crippen molar-refractivity contribution in [2.45, 2.75) is 12.1 Å². The maximum atomic E-state index is 15.3. The van der Waals surface area contributed by atoms with E-state index in [1.807, 2.05) is 91.0 Å². The number of nitrogens with zero attached hydrogens (tertiary/aromatic N) is 2. The molecule has 0 saturated heterocycles. The maximum absolute atomic E-state index is 15.3. The molecule has 37 heavy (non-hydrogen) atoms. The van der Waals surface area contributed by atoms with Crippen LogP contribution in [0.3, 0.4) is 0 Å². The van der Waals surface area contributed by atoms with Crippen LogP contribution in [-0.4, -0.2) is 15.9 Å². The molecule has 0 spiro atoms. The molecule has 2 heterocycles. The lowest BCUT2D eigenvalue weighted by molar-refractivity contribution is 0.100. The Hall–Kier alpha value is -4.82. The van der Waals surface area contributed by atoms with Gasteiger partial charge in [-0.3, -0.25) is 9.78 Å². The lowest BCUT2D eigenvalue weighted by Crippen LogP contribution is -2.27. The van der Waals surface area contributed by atoms with Gasteiger partial charge in [-0.15, -0.1) is 0 Å². The molecule has 0 aliphatic carbocycles. The molecular weight excluding hydrogens is 467 g/mol. The Morgan fingerprint density at radius 2 is 1.54 bits per heavy atom. The third-order valence-electron chi connectivity index (χ3n) is 6.10. The molecule has 0 radical (unpaired) electrons. The highest BCUT2D eigenvalue weighted by Crippen LogP contribution is 2.32. The smallest absolute Gasteiger partial charge is 0.252 e. The maximum Gasteiger partial charge on any atom is 0.252 e. The number of hydrogen-bond acceptors (Lipinski definition) is 6. The summed E-state index contributed by atoms with van der Waals surface area (Å²) in [6, 6.07) is 28.4. The number of rotatable bonds is 8. The van der Waals surface area contributed by atoms with Gasteiger partial charge in [0.05, 0.1) is 23.2 Å². The normalized spacial score (nSPS) is 12.6. The van der Waals surface area contributed by atoms with E-state index in [1.54, 1.807) is 6.20 Å². The van der Waals surface area contributed by atoms with Crippen LogP contribution >= 0.6 is 0 Å². The van der Waals surface area contributed by atoms with Crippen LogP contribution in [0.4, 0.5) is 21.7 Å². The summed E-state index contributed by atoms with van der Waals surface area (Å²) in [5.41, 5.74) is 15.2. The fraction of sp³-hybridized carbons (Fsp3) is 0.0690. The van der Waals surface area contributed by atoms with Gasteiger partial charge in [0.2, 0.25) is 0 Å². The summed E-state index contributed by atoms with van der Waals surface area (Å²) in [7, 11) is 0. The zero-order valence-electron chi connectivity index (χ0n) is 19.8. The molecule has 2 atom stereocenters. The Morgan fingerprint density at radius 3 is 2.24 bits per heavy atom. The molecule has 184 valence electrons. The highest BCUT2D eigenvalue weighted by atomic mass is 19.1. The van der Waals surface area contributed by atoms with Crippen LogP contribution in [-0.2, 0) is 0 Å². The second kappa shape index (κ2) is 10.4. The predicted octanol–water partition coefficient (Wildman–Crippen LogP) is 5.46. The summed E-state index contributed by atoms with van der Waals surface area (Å²) in [6.07, 6.45) is 1.69. The predicted molar refractivity (Wildman–Crippen MR) is 144 cm³/mol. The average molecular weight is 493 g/mol. The van der Waals surface area contributed by atoms with E-state index in [-0.39, 0.29) is 17.2 Å².